The van der Waals surface area contributed by atoms with Crippen LogP contribution in [0.15, 0.2) is 72.8 Å². The van der Waals surface area contributed by atoms with Gasteiger partial charge < -0.3 is 5.32 Å². The lowest BCUT2D eigenvalue weighted by Crippen LogP contribution is -2.34. The summed E-state index contributed by atoms with van der Waals surface area (Å²) in [6.07, 6.45) is 1.73. The van der Waals surface area contributed by atoms with Gasteiger partial charge in [-0.25, -0.2) is 4.98 Å². The van der Waals surface area contributed by atoms with Gasteiger partial charge in [0.1, 0.15) is 0 Å². The molecule has 0 saturated carbocycles. The molecule has 0 unspecified atom stereocenters. The molecular weight excluding hydrogens is 410 g/mol. The molecule has 1 heterocycles. The normalized spacial score (nSPS) is 10.7. The smallest absolute Gasteiger partial charge is 0.257 e. The predicted molar refractivity (Wildman–Crippen MR) is 128 cm³/mol. The number of aromatic nitrogens is 1. The van der Waals surface area contributed by atoms with Gasteiger partial charge in [0.15, 0.2) is 5.11 Å². The number of hydrogen-bond donors (Lipinski definition) is 2. The third-order valence-corrected chi connectivity index (χ3v) is 6.00. The van der Waals surface area contributed by atoms with E-state index < -0.39 is 0 Å². The summed E-state index contributed by atoms with van der Waals surface area (Å²) in [5.41, 5.74) is 4.82. The number of anilines is 1. The maximum absolute atomic E-state index is 12.3. The molecule has 4 rings (SSSR count). The molecule has 4 nitrogen and oxygen atoms in total. The molecule has 6 heteroatoms. The molecule has 0 atom stereocenters. The first-order valence-electron chi connectivity index (χ1n) is 9.75. The number of nitrogens with one attached hydrogen (secondary N) is 2. The van der Waals surface area contributed by atoms with Crippen molar-refractivity contribution in [2.45, 2.75) is 19.8 Å². The molecule has 0 aliphatic heterocycles. The number of benzene rings is 3. The van der Waals surface area contributed by atoms with Crippen molar-refractivity contribution < 1.29 is 4.79 Å². The zero-order valence-corrected chi connectivity index (χ0v) is 18.1. The fourth-order valence-electron chi connectivity index (χ4n) is 3.11. The Bertz CT molecular complexity index is 1150. The number of nitrogens with zero attached hydrogens (tertiary/aromatic N) is 1. The summed E-state index contributed by atoms with van der Waals surface area (Å²) in [6, 6.07) is 23.7. The lowest BCUT2D eigenvalue weighted by molar-refractivity contribution is 0.0977. The van der Waals surface area contributed by atoms with Gasteiger partial charge in [-0.15, -0.1) is 11.3 Å². The number of amides is 1. The van der Waals surface area contributed by atoms with E-state index in [1.807, 2.05) is 66.7 Å². The van der Waals surface area contributed by atoms with Crippen molar-refractivity contribution in [2.75, 3.05) is 5.32 Å². The monoisotopic (exact) mass is 431 g/mol. The SMILES string of the molecule is CCc1ccc(C(=O)NC(=S)Nc2ccc(Cc3nc4ccccc4s3)cc2)cc1. The summed E-state index contributed by atoms with van der Waals surface area (Å²) >= 11 is 7.00. The van der Waals surface area contributed by atoms with E-state index >= 15 is 0 Å². The molecular formula is C24H21N3OS2. The number of thiazole rings is 1. The van der Waals surface area contributed by atoms with E-state index in [1.54, 1.807) is 11.3 Å². The van der Waals surface area contributed by atoms with Crippen LogP contribution in [-0.2, 0) is 12.8 Å². The number of thiocarbonyl (C=S) groups is 1. The number of aryl methyl sites for hydroxylation is 1. The number of para-hydroxylation sites is 1. The Kier molecular flexibility index (Phi) is 6.16. The molecule has 1 amide bonds. The van der Waals surface area contributed by atoms with E-state index in [1.165, 1.54) is 15.8 Å². The Hall–Kier alpha value is -3.09. The Morgan fingerprint density at radius 2 is 1.67 bits per heavy atom. The van der Waals surface area contributed by atoms with E-state index in [2.05, 4.69) is 28.6 Å². The molecule has 0 spiro atoms. The molecule has 0 bridgehead atoms. The van der Waals surface area contributed by atoms with Crippen LogP contribution in [-0.4, -0.2) is 16.0 Å². The molecule has 0 saturated heterocycles. The Labute approximate surface area is 185 Å². The van der Waals surface area contributed by atoms with Gasteiger partial charge in [0.25, 0.3) is 5.91 Å². The maximum atomic E-state index is 12.3. The molecule has 0 aliphatic carbocycles. The lowest BCUT2D eigenvalue weighted by Gasteiger charge is -2.10. The summed E-state index contributed by atoms with van der Waals surface area (Å²) in [7, 11) is 0. The lowest BCUT2D eigenvalue weighted by atomic mass is 10.1. The van der Waals surface area contributed by atoms with Crippen LogP contribution in [0.25, 0.3) is 10.2 Å². The number of rotatable bonds is 5. The zero-order valence-electron chi connectivity index (χ0n) is 16.5. The topological polar surface area (TPSA) is 54.0 Å². The second-order valence-electron chi connectivity index (χ2n) is 6.91. The third kappa shape index (κ3) is 4.90. The van der Waals surface area contributed by atoms with Crippen LogP contribution in [0.4, 0.5) is 5.69 Å². The number of carbonyl (C=O) groups is 1. The Morgan fingerprint density at radius 3 is 2.37 bits per heavy atom. The number of carbonyl (C=O) groups excluding carboxylic acids is 1. The van der Waals surface area contributed by atoms with Crippen LogP contribution < -0.4 is 10.6 Å². The van der Waals surface area contributed by atoms with Crippen LogP contribution in [0.5, 0.6) is 0 Å². The summed E-state index contributed by atoms with van der Waals surface area (Å²) in [5.74, 6) is -0.220. The highest BCUT2D eigenvalue weighted by molar-refractivity contribution is 7.80. The summed E-state index contributed by atoms with van der Waals surface area (Å²) in [5, 5.41) is 7.16. The quantitative estimate of drug-likeness (QED) is 0.405. The molecule has 0 fully saturated rings. The zero-order chi connectivity index (χ0) is 20.9. The van der Waals surface area contributed by atoms with Crippen LogP contribution in [0.2, 0.25) is 0 Å². The van der Waals surface area contributed by atoms with E-state index in [0.29, 0.717) is 5.56 Å². The van der Waals surface area contributed by atoms with E-state index in [-0.39, 0.29) is 11.0 Å². The van der Waals surface area contributed by atoms with Gasteiger partial charge >= 0.3 is 0 Å². The van der Waals surface area contributed by atoms with Gasteiger partial charge in [-0.1, -0.05) is 43.3 Å². The fraction of sp³-hybridized carbons (Fsp3) is 0.125. The van der Waals surface area contributed by atoms with E-state index in [0.717, 1.165) is 29.1 Å². The largest absolute Gasteiger partial charge is 0.332 e. The van der Waals surface area contributed by atoms with Gasteiger partial charge in [0, 0.05) is 17.7 Å². The minimum Gasteiger partial charge on any atom is -0.332 e. The second kappa shape index (κ2) is 9.15. The maximum Gasteiger partial charge on any atom is 0.257 e. The molecule has 150 valence electrons. The van der Waals surface area contributed by atoms with Gasteiger partial charge in [0.2, 0.25) is 0 Å². The minimum atomic E-state index is -0.220. The molecule has 1 aromatic heterocycles. The molecule has 3 aromatic carbocycles. The van der Waals surface area contributed by atoms with Crippen molar-refractivity contribution in [3.63, 3.8) is 0 Å². The van der Waals surface area contributed by atoms with Crippen molar-refractivity contribution >= 4 is 50.5 Å². The van der Waals surface area contributed by atoms with Crippen LogP contribution in [0.3, 0.4) is 0 Å². The minimum absolute atomic E-state index is 0.220. The first kappa shape index (κ1) is 20.2. The van der Waals surface area contributed by atoms with Crippen molar-refractivity contribution in [3.8, 4) is 0 Å². The van der Waals surface area contributed by atoms with Crippen LogP contribution >= 0.6 is 23.6 Å². The fourth-order valence-corrected chi connectivity index (χ4v) is 4.32. The third-order valence-electron chi connectivity index (χ3n) is 4.76. The highest BCUT2D eigenvalue weighted by Crippen LogP contribution is 2.24. The first-order valence-corrected chi connectivity index (χ1v) is 11.0. The summed E-state index contributed by atoms with van der Waals surface area (Å²) < 4.78 is 1.20. The van der Waals surface area contributed by atoms with Crippen LogP contribution in [0.1, 0.15) is 33.4 Å². The number of hydrogen-bond acceptors (Lipinski definition) is 4. The second-order valence-corrected chi connectivity index (χ2v) is 8.43. The average molecular weight is 432 g/mol. The first-order chi connectivity index (χ1) is 14.6. The van der Waals surface area contributed by atoms with Gasteiger partial charge in [-0.2, -0.15) is 0 Å². The van der Waals surface area contributed by atoms with E-state index in [4.69, 9.17) is 12.2 Å². The van der Waals surface area contributed by atoms with E-state index in [9.17, 15) is 4.79 Å². The summed E-state index contributed by atoms with van der Waals surface area (Å²) in [6.45, 7) is 2.08. The average Bonchev–Trinajstić information content (AvgIpc) is 3.17. The molecule has 4 aromatic rings. The van der Waals surface area contributed by atoms with Crippen molar-refractivity contribution in [3.05, 3.63) is 94.5 Å². The highest BCUT2D eigenvalue weighted by atomic mass is 32.1. The van der Waals surface area contributed by atoms with Crippen molar-refractivity contribution in [1.82, 2.24) is 10.3 Å². The molecule has 0 aliphatic rings. The predicted octanol–water partition coefficient (Wildman–Crippen LogP) is 5.58. The molecule has 30 heavy (non-hydrogen) atoms. The van der Waals surface area contributed by atoms with Crippen LogP contribution in [0, 0.1) is 0 Å². The summed E-state index contributed by atoms with van der Waals surface area (Å²) in [4.78, 5) is 17.0. The van der Waals surface area contributed by atoms with Crippen molar-refractivity contribution in [1.29, 1.82) is 0 Å². The molecule has 2 N–H and O–H groups in total. The van der Waals surface area contributed by atoms with Gasteiger partial charge in [-0.3, -0.25) is 10.1 Å². The standard InChI is InChI=1S/C24H21N3OS2/c1-2-16-7-11-18(12-8-16)23(28)27-24(29)25-19-13-9-17(10-14-19)15-22-26-20-5-3-4-6-21(20)30-22/h3-14H,2,15H2,1H3,(H2,25,27,28,29). The Morgan fingerprint density at radius 1 is 0.967 bits per heavy atom. The number of fused-ring (bicyclic) bond motifs is 1. The van der Waals surface area contributed by atoms with Gasteiger partial charge in [0.05, 0.1) is 15.2 Å². The Balaban J connectivity index is 1.34. The van der Waals surface area contributed by atoms with Gasteiger partial charge in [-0.05, 0) is 66.2 Å². The highest BCUT2D eigenvalue weighted by Gasteiger charge is 2.09. The van der Waals surface area contributed by atoms with Crippen molar-refractivity contribution in [2.24, 2.45) is 0 Å². The molecule has 0 radical (unpaired) electrons.